The average Bonchev–Trinajstić information content (AvgIpc) is 3.30. The van der Waals surface area contributed by atoms with Gasteiger partial charge in [0, 0.05) is 23.5 Å². The van der Waals surface area contributed by atoms with E-state index in [4.69, 9.17) is 16.6 Å². The van der Waals surface area contributed by atoms with Crippen molar-refractivity contribution in [3.05, 3.63) is 44.5 Å². The number of nitrogens with one attached hydrogen (secondary N) is 1. The van der Waals surface area contributed by atoms with Gasteiger partial charge in [-0.05, 0) is 50.2 Å². The van der Waals surface area contributed by atoms with Gasteiger partial charge in [0.1, 0.15) is 10.6 Å². The van der Waals surface area contributed by atoms with Crippen LogP contribution in [-0.4, -0.2) is 39.8 Å². The minimum atomic E-state index is 0.00857. The number of halogens is 1. The van der Waals surface area contributed by atoms with Crippen molar-refractivity contribution >= 4 is 57.6 Å². The number of hydrogen-bond acceptors (Lipinski definition) is 6. The van der Waals surface area contributed by atoms with E-state index in [0.717, 1.165) is 45.5 Å². The maximum Gasteiger partial charge on any atom is 0.269 e. The highest BCUT2D eigenvalue weighted by molar-refractivity contribution is 8.19. The zero-order valence-corrected chi connectivity index (χ0v) is 19.1. The van der Waals surface area contributed by atoms with Crippen LogP contribution in [0.3, 0.4) is 0 Å². The number of hydrogen-bond donors (Lipinski definition) is 1. The van der Waals surface area contributed by atoms with Crippen LogP contribution in [0.25, 0.3) is 0 Å². The third kappa shape index (κ3) is 3.69. The Morgan fingerprint density at radius 2 is 2.07 bits per heavy atom. The summed E-state index contributed by atoms with van der Waals surface area (Å²) in [4.78, 5) is 23.8. The van der Waals surface area contributed by atoms with Crippen LogP contribution in [0.2, 0.25) is 5.02 Å². The molecule has 4 rings (SSSR count). The summed E-state index contributed by atoms with van der Waals surface area (Å²) in [6, 6.07) is 5.81. The van der Waals surface area contributed by atoms with Gasteiger partial charge in [-0.25, -0.2) is 4.99 Å². The second-order valence-electron chi connectivity index (χ2n) is 7.00. The molecule has 6 nitrogen and oxygen atoms in total. The number of amides is 1. The Labute approximate surface area is 183 Å². The number of unbranched alkanes of at least 4 members (excludes halogenated alkanes) is 1. The fourth-order valence-corrected chi connectivity index (χ4v) is 5.76. The fourth-order valence-electron chi connectivity index (χ4n) is 3.26. The largest absolute Gasteiger partial charge is 0.337 e. The summed E-state index contributed by atoms with van der Waals surface area (Å²) >= 11 is 9.22. The standard InChI is InChI=1S/C20H22ClN5OS2/c1-5-6-9-26-18(27)17(29-20(26)22-16-11(2)23-24-12(16)3)19-25(4)14-10-13(21)7-8-15(14)28-19/h7-8,10H,5-6,9H2,1-4H3,(H,23,24). The molecule has 1 amide bonds. The van der Waals surface area contributed by atoms with Gasteiger partial charge in [-0.1, -0.05) is 36.7 Å². The predicted octanol–water partition coefficient (Wildman–Crippen LogP) is 5.45. The Bertz CT molecular complexity index is 1030. The summed E-state index contributed by atoms with van der Waals surface area (Å²) in [6.45, 7) is 6.63. The van der Waals surface area contributed by atoms with Gasteiger partial charge in [-0.15, -0.1) is 0 Å². The van der Waals surface area contributed by atoms with E-state index in [1.807, 2.05) is 44.0 Å². The van der Waals surface area contributed by atoms with Gasteiger partial charge in [-0.2, -0.15) is 5.10 Å². The number of fused-ring (bicyclic) bond motifs is 1. The Balaban J connectivity index is 1.75. The molecule has 152 valence electrons. The highest BCUT2D eigenvalue weighted by Gasteiger charge is 2.39. The molecule has 3 heterocycles. The van der Waals surface area contributed by atoms with E-state index >= 15 is 0 Å². The van der Waals surface area contributed by atoms with Gasteiger partial charge in [0.25, 0.3) is 5.91 Å². The van der Waals surface area contributed by atoms with Crippen LogP contribution in [0.4, 0.5) is 11.4 Å². The first-order valence-corrected chi connectivity index (χ1v) is 11.5. The van der Waals surface area contributed by atoms with Crippen molar-refractivity contribution < 1.29 is 4.79 Å². The lowest BCUT2D eigenvalue weighted by Gasteiger charge is -2.16. The summed E-state index contributed by atoms with van der Waals surface area (Å²) in [5, 5.41) is 9.51. The predicted molar refractivity (Wildman–Crippen MR) is 122 cm³/mol. The van der Waals surface area contributed by atoms with Gasteiger partial charge in [-0.3, -0.25) is 14.8 Å². The van der Waals surface area contributed by atoms with Crippen LogP contribution >= 0.6 is 35.1 Å². The Hall–Kier alpha value is -1.90. The number of carbonyl (C=O) groups excluding carboxylic acids is 1. The van der Waals surface area contributed by atoms with Crippen molar-refractivity contribution in [1.82, 2.24) is 15.1 Å². The van der Waals surface area contributed by atoms with E-state index in [0.29, 0.717) is 21.6 Å². The molecule has 1 aromatic carbocycles. The Kier molecular flexibility index (Phi) is 5.68. The summed E-state index contributed by atoms with van der Waals surface area (Å²) in [5.74, 6) is 0.00857. The van der Waals surface area contributed by atoms with E-state index in [1.54, 1.807) is 16.7 Å². The third-order valence-corrected chi connectivity index (χ3v) is 7.55. The maximum absolute atomic E-state index is 13.3. The Morgan fingerprint density at radius 3 is 2.76 bits per heavy atom. The minimum Gasteiger partial charge on any atom is -0.337 e. The highest BCUT2D eigenvalue weighted by Crippen LogP contribution is 2.50. The molecule has 2 aliphatic rings. The lowest BCUT2D eigenvalue weighted by atomic mass is 10.3. The Morgan fingerprint density at radius 1 is 1.28 bits per heavy atom. The number of aryl methyl sites for hydroxylation is 2. The first kappa shape index (κ1) is 20.4. The molecule has 1 saturated heterocycles. The second-order valence-corrected chi connectivity index (χ2v) is 9.44. The number of anilines is 1. The zero-order valence-electron chi connectivity index (χ0n) is 16.7. The molecule has 0 aliphatic carbocycles. The molecule has 2 aliphatic heterocycles. The van der Waals surface area contributed by atoms with Gasteiger partial charge in [0.15, 0.2) is 5.17 Å². The molecule has 1 N–H and O–H groups in total. The molecule has 9 heteroatoms. The van der Waals surface area contributed by atoms with Crippen molar-refractivity contribution in [3.63, 3.8) is 0 Å². The quantitative estimate of drug-likeness (QED) is 0.631. The van der Waals surface area contributed by atoms with Crippen LogP contribution in [0, 0.1) is 13.8 Å². The van der Waals surface area contributed by atoms with Crippen LogP contribution in [0.15, 0.2) is 38.0 Å². The first-order chi connectivity index (χ1) is 13.9. The van der Waals surface area contributed by atoms with Gasteiger partial charge >= 0.3 is 0 Å². The molecule has 2 aromatic rings. The van der Waals surface area contributed by atoms with E-state index in [1.165, 1.54) is 11.8 Å². The fraction of sp³-hybridized carbons (Fsp3) is 0.350. The number of carbonyl (C=O) groups is 1. The minimum absolute atomic E-state index is 0.00857. The number of thioether (sulfide) groups is 2. The summed E-state index contributed by atoms with van der Waals surface area (Å²) in [6.07, 6.45) is 1.94. The van der Waals surface area contributed by atoms with Crippen LogP contribution in [0.5, 0.6) is 0 Å². The van der Waals surface area contributed by atoms with E-state index in [-0.39, 0.29) is 5.91 Å². The van der Waals surface area contributed by atoms with E-state index in [9.17, 15) is 4.79 Å². The van der Waals surface area contributed by atoms with Crippen molar-refractivity contribution in [1.29, 1.82) is 0 Å². The molecule has 0 bridgehead atoms. The van der Waals surface area contributed by atoms with Crippen LogP contribution in [0.1, 0.15) is 31.2 Å². The SMILES string of the molecule is CCCCN1C(=O)C(=C2Sc3ccc(Cl)cc3N2C)SC1=Nc1c(C)n[nH]c1C. The summed E-state index contributed by atoms with van der Waals surface area (Å²) in [5.41, 5.74) is 3.55. The number of aromatic amines is 1. The molecule has 0 atom stereocenters. The van der Waals surface area contributed by atoms with Crippen LogP contribution in [-0.2, 0) is 4.79 Å². The van der Waals surface area contributed by atoms with Crippen molar-refractivity contribution in [3.8, 4) is 0 Å². The van der Waals surface area contributed by atoms with Crippen molar-refractivity contribution in [2.75, 3.05) is 18.5 Å². The monoisotopic (exact) mass is 447 g/mol. The average molecular weight is 448 g/mol. The maximum atomic E-state index is 13.3. The molecule has 1 fully saturated rings. The van der Waals surface area contributed by atoms with Gasteiger partial charge in [0.2, 0.25) is 0 Å². The molecule has 0 spiro atoms. The number of rotatable bonds is 4. The molecular weight excluding hydrogens is 426 g/mol. The normalized spacial score (nSPS) is 20.3. The number of amidine groups is 1. The molecule has 0 radical (unpaired) electrons. The summed E-state index contributed by atoms with van der Waals surface area (Å²) < 4.78 is 0. The number of aromatic nitrogens is 2. The third-order valence-electron chi connectivity index (χ3n) is 4.88. The summed E-state index contributed by atoms with van der Waals surface area (Å²) in [7, 11) is 1.97. The van der Waals surface area contributed by atoms with Crippen LogP contribution < -0.4 is 4.90 Å². The number of nitrogens with zero attached hydrogens (tertiary/aromatic N) is 4. The number of H-pyrrole nitrogens is 1. The number of aliphatic imine (C=N–C) groups is 1. The first-order valence-electron chi connectivity index (χ1n) is 9.46. The number of benzene rings is 1. The van der Waals surface area contributed by atoms with E-state index in [2.05, 4.69) is 17.1 Å². The second kappa shape index (κ2) is 8.08. The zero-order chi connectivity index (χ0) is 20.7. The van der Waals surface area contributed by atoms with Gasteiger partial charge in [0.05, 0.1) is 22.1 Å². The molecule has 0 saturated carbocycles. The highest BCUT2D eigenvalue weighted by atomic mass is 35.5. The molecular formula is C20H22ClN5OS2. The van der Waals surface area contributed by atoms with Gasteiger partial charge < -0.3 is 4.90 Å². The van der Waals surface area contributed by atoms with Crippen molar-refractivity contribution in [2.45, 2.75) is 38.5 Å². The molecule has 29 heavy (non-hydrogen) atoms. The topological polar surface area (TPSA) is 64.6 Å². The van der Waals surface area contributed by atoms with E-state index < -0.39 is 0 Å². The lowest BCUT2D eigenvalue weighted by molar-refractivity contribution is -0.122. The molecule has 0 unspecified atom stereocenters. The van der Waals surface area contributed by atoms with Crippen molar-refractivity contribution in [2.24, 2.45) is 4.99 Å². The lowest BCUT2D eigenvalue weighted by Crippen LogP contribution is -2.30. The smallest absolute Gasteiger partial charge is 0.269 e. The molecule has 1 aromatic heterocycles.